The number of hydrogen-bond donors (Lipinski definition) is 1. The van der Waals surface area contributed by atoms with Gasteiger partial charge in [0.1, 0.15) is 4.90 Å². The molecule has 0 saturated heterocycles. The van der Waals surface area contributed by atoms with Gasteiger partial charge in [-0.25, -0.2) is 4.90 Å². The van der Waals surface area contributed by atoms with E-state index in [0.29, 0.717) is 23.2 Å². The van der Waals surface area contributed by atoms with Crippen LogP contribution in [0.5, 0.6) is 0 Å². The van der Waals surface area contributed by atoms with E-state index in [4.69, 9.17) is 0 Å². The van der Waals surface area contributed by atoms with Gasteiger partial charge in [0.05, 0.1) is 27.9 Å². The molecule has 3 aromatic carbocycles. The minimum absolute atomic E-state index is 0.0506. The SMILES string of the molecule is CCCC(CC)(CN1C(=O)c2ccc(-c3ccc4c(c3)C(=O)N(c3ccccc3S(=O)(=O)O)C4=O)cc2C1=O)C(C)(C)C. The Bertz CT molecular complexity index is 1810. The fourth-order valence-electron chi connectivity index (χ4n) is 6.40. The van der Waals surface area contributed by atoms with E-state index in [1.54, 1.807) is 24.3 Å². The third-order valence-corrected chi connectivity index (χ3v) is 9.93. The van der Waals surface area contributed by atoms with Crippen LogP contribution in [-0.4, -0.2) is 48.0 Å². The largest absolute Gasteiger partial charge is 0.296 e. The van der Waals surface area contributed by atoms with E-state index in [-0.39, 0.29) is 45.0 Å². The second-order valence-electron chi connectivity index (χ2n) is 12.2. The molecule has 4 amide bonds. The number of amides is 4. The molecule has 1 atom stereocenters. The van der Waals surface area contributed by atoms with Crippen LogP contribution in [0.2, 0.25) is 0 Å². The van der Waals surface area contributed by atoms with Crippen LogP contribution in [0.4, 0.5) is 5.69 Å². The molecule has 1 N–H and O–H groups in total. The Morgan fingerprint density at radius 1 is 0.721 bits per heavy atom. The molecule has 0 radical (unpaired) electrons. The molecule has 10 heteroatoms. The molecule has 0 saturated carbocycles. The van der Waals surface area contributed by atoms with Gasteiger partial charge in [0.15, 0.2) is 0 Å². The van der Waals surface area contributed by atoms with Crippen LogP contribution >= 0.6 is 0 Å². The van der Waals surface area contributed by atoms with Crippen LogP contribution in [0.1, 0.15) is 95.3 Å². The van der Waals surface area contributed by atoms with E-state index in [2.05, 4.69) is 34.6 Å². The molecule has 2 heterocycles. The highest BCUT2D eigenvalue weighted by Gasteiger charge is 2.46. The van der Waals surface area contributed by atoms with E-state index in [1.807, 2.05) is 0 Å². The first-order valence-electron chi connectivity index (χ1n) is 14.2. The molecule has 9 nitrogen and oxygen atoms in total. The van der Waals surface area contributed by atoms with Crippen LogP contribution in [0.3, 0.4) is 0 Å². The first-order chi connectivity index (χ1) is 20.1. The molecule has 1 unspecified atom stereocenters. The van der Waals surface area contributed by atoms with Gasteiger partial charge in [0.25, 0.3) is 33.7 Å². The van der Waals surface area contributed by atoms with E-state index < -0.39 is 26.8 Å². The molecular weight excluding hydrogens is 568 g/mol. The summed E-state index contributed by atoms with van der Waals surface area (Å²) in [5, 5.41) is 0. The highest BCUT2D eigenvalue weighted by Crippen LogP contribution is 2.47. The second-order valence-corrected chi connectivity index (χ2v) is 13.6. The molecule has 2 aliphatic rings. The highest BCUT2D eigenvalue weighted by molar-refractivity contribution is 7.86. The molecule has 3 aromatic rings. The van der Waals surface area contributed by atoms with Crippen molar-refractivity contribution in [2.45, 2.75) is 58.8 Å². The van der Waals surface area contributed by atoms with E-state index in [0.717, 1.165) is 30.2 Å². The molecule has 0 spiro atoms. The van der Waals surface area contributed by atoms with E-state index in [1.165, 1.54) is 35.2 Å². The second kappa shape index (κ2) is 10.5. The maximum absolute atomic E-state index is 13.6. The summed E-state index contributed by atoms with van der Waals surface area (Å²) in [5.41, 5.74) is 1.21. The summed E-state index contributed by atoms with van der Waals surface area (Å²) in [6, 6.07) is 14.8. The van der Waals surface area contributed by atoms with Crippen LogP contribution in [0, 0.1) is 10.8 Å². The topological polar surface area (TPSA) is 129 Å². The summed E-state index contributed by atoms with van der Waals surface area (Å²) in [7, 11) is -4.71. The van der Waals surface area contributed by atoms with Gasteiger partial charge in [-0.15, -0.1) is 0 Å². The zero-order valence-corrected chi connectivity index (χ0v) is 25.6. The Kier molecular flexibility index (Phi) is 7.43. The normalized spacial score (nSPS) is 16.5. The van der Waals surface area contributed by atoms with E-state index in [9.17, 15) is 32.1 Å². The monoisotopic (exact) mass is 602 g/mol. The summed E-state index contributed by atoms with van der Waals surface area (Å²) in [6.07, 6.45) is 2.62. The van der Waals surface area contributed by atoms with Crippen molar-refractivity contribution in [3.05, 3.63) is 82.9 Å². The summed E-state index contributed by atoms with van der Waals surface area (Å²) in [5.74, 6) is -2.16. The van der Waals surface area contributed by atoms with Crippen molar-refractivity contribution in [2.24, 2.45) is 10.8 Å². The van der Waals surface area contributed by atoms with Gasteiger partial charge in [-0.05, 0) is 71.2 Å². The van der Waals surface area contributed by atoms with Gasteiger partial charge in [-0.1, -0.05) is 65.3 Å². The molecule has 2 aliphatic heterocycles. The third kappa shape index (κ3) is 4.88. The zero-order valence-electron chi connectivity index (χ0n) is 24.8. The van der Waals surface area contributed by atoms with Crippen molar-refractivity contribution < 1.29 is 32.1 Å². The summed E-state index contributed by atoms with van der Waals surface area (Å²) in [4.78, 5) is 55.2. The summed E-state index contributed by atoms with van der Waals surface area (Å²) in [6.45, 7) is 10.9. The minimum Gasteiger partial charge on any atom is -0.282 e. The number of carbonyl (C=O) groups is 4. The lowest BCUT2D eigenvalue weighted by Gasteiger charge is -2.46. The van der Waals surface area contributed by atoms with Gasteiger partial charge < -0.3 is 0 Å². The molecule has 224 valence electrons. The third-order valence-electron chi connectivity index (χ3n) is 9.03. The number of para-hydroxylation sites is 1. The Balaban J connectivity index is 1.49. The average molecular weight is 603 g/mol. The summed E-state index contributed by atoms with van der Waals surface area (Å²) < 4.78 is 33.5. The number of fused-ring (bicyclic) bond motifs is 2. The zero-order chi connectivity index (χ0) is 31.5. The fourth-order valence-corrected chi connectivity index (χ4v) is 7.08. The first kappa shape index (κ1) is 30.3. The number of carbonyl (C=O) groups excluding carboxylic acids is 4. The average Bonchev–Trinajstić information content (AvgIpc) is 3.34. The van der Waals surface area contributed by atoms with Crippen LogP contribution < -0.4 is 4.90 Å². The van der Waals surface area contributed by atoms with Crippen molar-refractivity contribution in [3.8, 4) is 11.1 Å². The van der Waals surface area contributed by atoms with Crippen molar-refractivity contribution >= 4 is 39.4 Å². The smallest absolute Gasteiger partial charge is 0.282 e. The first-order valence-corrected chi connectivity index (χ1v) is 15.7. The van der Waals surface area contributed by atoms with Crippen molar-refractivity contribution in [2.75, 3.05) is 11.4 Å². The van der Waals surface area contributed by atoms with Crippen molar-refractivity contribution in [3.63, 3.8) is 0 Å². The lowest BCUT2D eigenvalue weighted by molar-refractivity contribution is 0.0218. The van der Waals surface area contributed by atoms with Crippen LogP contribution in [0.25, 0.3) is 11.1 Å². The van der Waals surface area contributed by atoms with Crippen molar-refractivity contribution in [1.82, 2.24) is 4.90 Å². The maximum atomic E-state index is 13.6. The highest BCUT2D eigenvalue weighted by atomic mass is 32.2. The van der Waals surface area contributed by atoms with Gasteiger partial charge in [-0.3, -0.25) is 28.6 Å². The standard InChI is InChI=1S/C33H34N2O7S/c1-6-16-33(7-2,32(3,4)5)19-34-28(36)22-14-12-20(17-24(22)29(34)37)21-13-15-23-25(18-21)31(39)35(30(23)38)26-10-8-9-11-27(26)43(40,41)42/h8-15,17-18H,6-7,16,19H2,1-5H3,(H,40,41,42). The van der Waals surface area contributed by atoms with E-state index >= 15 is 0 Å². The number of rotatable bonds is 8. The van der Waals surface area contributed by atoms with Crippen LogP contribution in [0.15, 0.2) is 65.6 Å². The van der Waals surface area contributed by atoms with Gasteiger partial charge in [-0.2, -0.15) is 8.42 Å². The van der Waals surface area contributed by atoms with Crippen LogP contribution in [-0.2, 0) is 10.1 Å². The Morgan fingerprint density at radius 3 is 1.77 bits per heavy atom. The van der Waals surface area contributed by atoms with Gasteiger partial charge in [0.2, 0.25) is 0 Å². The minimum atomic E-state index is -4.71. The number of anilines is 1. The lowest BCUT2D eigenvalue weighted by Crippen LogP contribution is -2.47. The predicted molar refractivity (Wildman–Crippen MR) is 162 cm³/mol. The van der Waals surface area contributed by atoms with Gasteiger partial charge >= 0.3 is 0 Å². The number of nitrogens with zero attached hydrogens (tertiary/aromatic N) is 2. The molecule has 5 rings (SSSR count). The number of benzene rings is 3. The molecule has 0 fully saturated rings. The quantitative estimate of drug-likeness (QED) is 0.239. The maximum Gasteiger partial charge on any atom is 0.296 e. The molecule has 0 aromatic heterocycles. The van der Waals surface area contributed by atoms with Crippen molar-refractivity contribution in [1.29, 1.82) is 0 Å². The molecule has 43 heavy (non-hydrogen) atoms. The lowest BCUT2D eigenvalue weighted by atomic mass is 9.62. The van der Waals surface area contributed by atoms with Gasteiger partial charge in [0, 0.05) is 6.54 Å². The Hall–Kier alpha value is -4.15. The fraction of sp³-hybridized carbons (Fsp3) is 0.333. The number of hydrogen-bond acceptors (Lipinski definition) is 6. The Labute approximate surface area is 251 Å². The predicted octanol–water partition coefficient (Wildman–Crippen LogP) is 6.24. The number of imide groups is 2. The molecule has 0 aliphatic carbocycles. The molecule has 0 bridgehead atoms. The summed E-state index contributed by atoms with van der Waals surface area (Å²) >= 11 is 0. The molecular formula is C33H34N2O7S. The Morgan fingerprint density at radius 2 is 1.23 bits per heavy atom.